The summed E-state index contributed by atoms with van der Waals surface area (Å²) in [7, 11) is 2.08. The SMILES string of the molecule is CNC1CCN(C2CCSc3ccccc32)C1. The van der Waals surface area contributed by atoms with Crippen molar-refractivity contribution in [2.24, 2.45) is 0 Å². The average Bonchev–Trinajstić information content (AvgIpc) is 2.87. The zero-order chi connectivity index (χ0) is 11.7. The lowest BCUT2D eigenvalue weighted by Crippen LogP contribution is -2.33. The molecule has 0 radical (unpaired) electrons. The Morgan fingerprint density at radius 3 is 3.00 bits per heavy atom. The first kappa shape index (κ1) is 11.6. The van der Waals surface area contributed by atoms with E-state index in [1.54, 1.807) is 5.56 Å². The number of hydrogen-bond donors (Lipinski definition) is 1. The molecule has 0 saturated carbocycles. The lowest BCUT2D eigenvalue weighted by Gasteiger charge is -2.32. The quantitative estimate of drug-likeness (QED) is 0.866. The molecule has 2 aliphatic heterocycles. The van der Waals surface area contributed by atoms with Crippen LogP contribution < -0.4 is 5.32 Å². The van der Waals surface area contributed by atoms with Crippen LogP contribution in [0.2, 0.25) is 0 Å². The Bertz CT molecular complexity index is 394. The first-order valence-corrected chi connectivity index (χ1v) is 7.50. The molecule has 1 aromatic rings. The topological polar surface area (TPSA) is 15.3 Å². The maximum Gasteiger partial charge on any atom is 0.0367 e. The van der Waals surface area contributed by atoms with Crippen LogP contribution in [0.4, 0.5) is 0 Å². The van der Waals surface area contributed by atoms with Crippen LogP contribution in [0.15, 0.2) is 29.2 Å². The van der Waals surface area contributed by atoms with Gasteiger partial charge in [0.1, 0.15) is 0 Å². The Balaban J connectivity index is 1.81. The summed E-state index contributed by atoms with van der Waals surface area (Å²) in [4.78, 5) is 4.16. The highest BCUT2D eigenvalue weighted by Gasteiger charge is 2.31. The van der Waals surface area contributed by atoms with Gasteiger partial charge in [0.25, 0.3) is 0 Å². The van der Waals surface area contributed by atoms with E-state index >= 15 is 0 Å². The average molecular weight is 248 g/mol. The second kappa shape index (κ2) is 5.01. The van der Waals surface area contributed by atoms with Gasteiger partial charge in [-0.3, -0.25) is 4.90 Å². The van der Waals surface area contributed by atoms with Crippen molar-refractivity contribution >= 4 is 11.8 Å². The first-order valence-electron chi connectivity index (χ1n) is 6.51. The smallest absolute Gasteiger partial charge is 0.0367 e. The zero-order valence-electron chi connectivity index (χ0n) is 10.4. The number of likely N-dealkylation sites (N-methyl/N-ethyl adjacent to an activating group) is 1. The van der Waals surface area contributed by atoms with E-state index in [9.17, 15) is 0 Å². The highest BCUT2D eigenvalue weighted by Crippen LogP contribution is 2.40. The number of thioether (sulfide) groups is 1. The van der Waals surface area contributed by atoms with Crippen LogP contribution in [0.3, 0.4) is 0 Å². The van der Waals surface area contributed by atoms with Gasteiger partial charge >= 0.3 is 0 Å². The van der Waals surface area contributed by atoms with E-state index in [1.807, 2.05) is 11.8 Å². The molecule has 1 N–H and O–H groups in total. The Kier molecular flexibility index (Phi) is 3.41. The second-order valence-electron chi connectivity index (χ2n) is 4.96. The molecule has 2 unspecified atom stereocenters. The van der Waals surface area contributed by atoms with Gasteiger partial charge < -0.3 is 5.32 Å². The molecule has 3 heteroatoms. The van der Waals surface area contributed by atoms with E-state index in [1.165, 1.54) is 36.6 Å². The van der Waals surface area contributed by atoms with E-state index < -0.39 is 0 Å². The van der Waals surface area contributed by atoms with E-state index in [4.69, 9.17) is 0 Å². The molecule has 0 aliphatic carbocycles. The van der Waals surface area contributed by atoms with Crippen LogP contribution in [0.1, 0.15) is 24.4 Å². The molecular weight excluding hydrogens is 228 g/mol. The molecule has 2 nitrogen and oxygen atoms in total. The number of hydrogen-bond acceptors (Lipinski definition) is 3. The minimum atomic E-state index is 0.658. The lowest BCUT2D eigenvalue weighted by atomic mass is 10.0. The van der Waals surface area contributed by atoms with Gasteiger partial charge in [-0.2, -0.15) is 0 Å². The van der Waals surface area contributed by atoms with Crippen molar-refractivity contribution in [2.75, 3.05) is 25.9 Å². The van der Waals surface area contributed by atoms with Gasteiger partial charge in [-0.1, -0.05) is 18.2 Å². The van der Waals surface area contributed by atoms with Crippen molar-refractivity contribution in [3.63, 3.8) is 0 Å². The second-order valence-corrected chi connectivity index (χ2v) is 6.10. The summed E-state index contributed by atoms with van der Waals surface area (Å²) >= 11 is 2.02. The molecule has 2 aliphatic rings. The summed E-state index contributed by atoms with van der Waals surface area (Å²) in [6.45, 7) is 2.45. The van der Waals surface area contributed by atoms with Gasteiger partial charge in [0.2, 0.25) is 0 Å². The standard InChI is InChI=1S/C14H20N2S/c1-15-11-6-8-16(10-11)13-7-9-17-14-5-3-2-4-12(13)14/h2-5,11,13,15H,6-10H2,1H3. The Hall–Kier alpha value is -0.510. The molecule has 2 atom stereocenters. The molecule has 0 bridgehead atoms. The molecule has 1 fully saturated rings. The van der Waals surface area contributed by atoms with Crippen molar-refractivity contribution in [3.8, 4) is 0 Å². The minimum Gasteiger partial charge on any atom is -0.316 e. The van der Waals surface area contributed by atoms with Crippen LogP contribution >= 0.6 is 11.8 Å². The normalized spacial score (nSPS) is 29.2. The minimum absolute atomic E-state index is 0.658. The number of fused-ring (bicyclic) bond motifs is 1. The Morgan fingerprint density at radius 1 is 1.29 bits per heavy atom. The van der Waals surface area contributed by atoms with E-state index in [-0.39, 0.29) is 0 Å². The van der Waals surface area contributed by atoms with E-state index in [2.05, 4.69) is 41.5 Å². The monoisotopic (exact) mass is 248 g/mol. The molecule has 0 aromatic heterocycles. The zero-order valence-corrected chi connectivity index (χ0v) is 11.2. The number of likely N-dealkylation sites (tertiary alicyclic amines) is 1. The van der Waals surface area contributed by atoms with Gasteiger partial charge in [-0.05, 0) is 37.3 Å². The summed E-state index contributed by atoms with van der Waals surface area (Å²) in [5.41, 5.74) is 1.56. The van der Waals surface area contributed by atoms with Crippen molar-refractivity contribution in [3.05, 3.63) is 29.8 Å². The lowest BCUT2D eigenvalue weighted by molar-refractivity contribution is 0.231. The molecule has 92 valence electrons. The molecular formula is C14H20N2S. The van der Waals surface area contributed by atoms with Crippen LogP contribution in [0.5, 0.6) is 0 Å². The summed E-state index contributed by atoms with van der Waals surface area (Å²) in [5.74, 6) is 1.27. The maximum atomic E-state index is 3.41. The highest BCUT2D eigenvalue weighted by atomic mass is 32.2. The van der Waals surface area contributed by atoms with Gasteiger partial charge in [-0.25, -0.2) is 0 Å². The summed E-state index contributed by atoms with van der Waals surface area (Å²) < 4.78 is 0. The fourth-order valence-corrected chi connectivity index (χ4v) is 4.12. The fraction of sp³-hybridized carbons (Fsp3) is 0.571. The summed E-state index contributed by atoms with van der Waals surface area (Å²) in [6.07, 6.45) is 2.60. The van der Waals surface area contributed by atoms with E-state index in [0.717, 1.165) is 0 Å². The van der Waals surface area contributed by atoms with Gasteiger partial charge in [0, 0.05) is 30.1 Å². The highest BCUT2D eigenvalue weighted by molar-refractivity contribution is 7.99. The molecule has 0 spiro atoms. The molecule has 2 heterocycles. The molecule has 1 saturated heterocycles. The molecule has 3 rings (SSSR count). The van der Waals surface area contributed by atoms with Gasteiger partial charge in [0.15, 0.2) is 0 Å². The predicted octanol–water partition coefficient (Wildman–Crippen LogP) is 2.52. The molecule has 1 aromatic carbocycles. The Morgan fingerprint density at radius 2 is 2.18 bits per heavy atom. The van der Waals surface area contributed by atoms with Crippen LogP contribution in [-0.4, -0.2) is 36.8 Å². The van der Waals surface area contributed by atoms with Crippen molar-refractivity contribution < 1.29 is 0 Å². The number of nitrogens with zero attached hydrogens (tertiary/aromatic N) is 1. The molecule has 0 amide bonds. The van der Waals surface area contributed by atoms with Crippen molar-refractivity contribution in [1.29, 1.82) is 0 Å². The van der Waals surface area contributed by atoms with E-state index in [0.29, 0.717) is 12.1 Å². The van der Waals surface area contributed by atoms with Crippen LogP contribution in [0, 0.1) is 0 Å². The summed E-state index contributed by atoms with van der Waals surface area (Å²) in [6, 6.07) is 10.3. The van der Waals surface area contributed by atoms with Gasteiger partial charge in [0.05, 0.1) is 0 Å². The first-order chi connectivity index (χ1) is 8.38. The van der Waals surface area contributed by atoms with Crippen LogP contribution in [0.25, 0.3) is 0 Å². The number of rotatable bonds is 2. The maximum absolute atomic E-state index is 3.41. The third kappa shape index (κ3) is 2.24. The van der Waals surface area contributed by atoms with Crippen molar-refractivity contribution in [1.82, 2.24) is 10.2 Å². The number of benzene rings is 1. The van der Waals surface area contributed by atoms with Crippen LogP contribution in [-0.2, 0) is 0 Å². The predicted molar refractivity (Wildman–Crippen MR) is 73.6 cm³/mol. The fourth-order valence-electron chi connectivity index (χ4n) is 3.01. The summed E-state index contributed by atoms with van der Waals surface area (Å²) in [5, 5.41) is 3.41. The van der Waals surface area contributed by atoms with Crippen molar-refractivity contribution in [2.45, 2.75) is 29.8 Å². The van der Waals surface area contributed by atoms with Gasteiger partial charge in [-0.15, -0.1) is 11.8 Å². The third-order valence-electron chi connectivity index (χ3n) is 4.00. The largest absolute Gasteiger partial charge is 0.316 e. The number of nitrogens with one attached hydrogen (secondary N) is 1. The molecule has 17 heavy (non-hydrogen) atoms. The third-order valence-corrected chi connectivity index (χ3v) is 5.12. The Labute approximate surface area is 108 Å².